The largest absolute Gasteiger partial charge is 0.494 e. The molecule has 1 N–H and O–H groups in total. The van der Waals surface area contributed by atoms with E-state index >= 15 is 0 Å². The van der Waals surface area contributed by atoms with Crippen molar-refractivity contribution in [2.45, 2.75) is 20.5 Å². The molecule has 10 heteroatoms. The van der Waals surface area contributed by atoms with Gasteiger partial charge in [-0.2, -0.15) is 9.61 Å². The fourth-order valence-electron chi connectivity index (χ4n) is 3.05. The summed E-state index contributed by atoms with van der Waals surface area (Å²) in [5, 5.41) is 7.54. The SMILES string of the molecule is CCOc1ccc(C(=O)Nc2cccc(C(=O)OCc3cc(=O)n4nc(C)sc4n3)c2)cc1. The predicted molar refractivity (Wildman–Crippen MR) is 123 cm³/mol. The molecule has 0 atom stereocenters. The first-order valence-corrected chi connectivity index (χ1v) is 10.9. The van der Waals surface area contributed by atoms with E-state index in [4.69, 9.17) is 9.47 Å². The number of benzene rings is 2. The number of carbonyl (C=O) groups excluding carboxylic acids is 2. The number of esters is 1. The van der Waals surface area contributed by atoms with Gasteiger partial charge in [0.2, 0.25) is 4.96 Å². The zero-order valence-electron chi connectivity index (χ0n) is 17.9. The first-order chi connectivity index (χ1) is 15.9. The fourth-order valence-corrected chi connectivity index (χ4v) is 3.81. The fraction of sp³-hybridized carbons (Fsp3) is 0.174. The molecule has 0 saturated carbocycles. The van der Waals surface area contributed by atoms with E-state index in [0.29, 0.717) is 39.3 Å². The van der Waals surface area contributed by atoms with E-state index in [-0.39, 0.29) is 23.6 Å². The van der Waals surface area contributed by atoms with Gasteiger partial charge in [0.1, 0.15) is 17.4 Å². The van der Waals surface area contributed by atoms with Gasteiger partial charge in [-0.05, 0) is 56.3 Å². The number of aryl methyl sites for hydroxylation is 1. The Labute approximate surface area is 192 Å². The van der Waals surface area contributed by atoms with Crippen LogP contribution in [0.15, 0.2) is 59.4 Å². The Morgan fingerprint density at radius 3 is 2.64 bits per heavy atom. The lowest BCUT2D eigenvalue weighted by molar-refractivity contribution is 0.0467. The molecule has 0 spiro atoms. The zero-order chi connectivity index (χ0) is 23.4. The molecule has 0 fully saturated rings. The number of fused-ring (bicyclic) bond motifs is 1. The van der Waals surface area contributed by atoms with E-state index in [9.17, 15) is 14.4 Å². The van der Waals surface area contributed by atoms with Crippen LogP contribution in [-0.4, -0.2) is 33.1 Å². The summed E-state index contributed by atoms with van der Waals surface area (Å²) in [5.41, 5.74) is 1.15. The Balaban J connectivity index is 1.41. The maximum atomic E-state index is 12.5. The van der Waals surface area contributed by atoms with Gasteiger partial charge in [-0.25, -0.2) is 9.78 Å². The van der Waals surface area contributed by atoms with E-state index in [2.05, 4.69) is 15.4 Å². The summed E-state index contributed by atoms with van der Waals surface area (Å²) in [6, 6.07) is 14.5. The Morgan fingerprint density at radius 2 is 1.88 bits per heavy atom. The second-order valence-electron chi connectivity index (χ2n) is 6.97. The van der Waals surface area contributed by atoms with Crippen LogP contribution in [0.1, 0.15) is 38.3 Å². The molecule has 0 unspecified atom stereocenters. The van der Waals surface area contributed by atoms with Gasteiger partial charge in [-0.15, -0.1) is 0 Å². The van der Waals surface area contributed by atoms with Crippen LogP contribution < -0.4 is 15.6 Å². The maximum Gasteiger partial charge on any atom is 0.338 e. The number of aromatic nitrogens is 3. The summed E-state index contributed by atoms with van der Waals surface area (Å²) in [6.45, 7) is 4.04. The topological polar surface area (TPSA) is 112 Å². The summed E-state index contributed by atoms with van der Waals surface area (Å²) in [7, 11) is 0. The van der Waals surface area contributed by atoms with Crippen LogP contribution >= 0.6 is 11.3 Å². The van der Waals surface area contributed by atoms with Crippen LogP contribution in [0.5, 0.6) is 5.75 Å². The van der Waals surface area contributed by atoms with Crippen molar-refractivity contribution < 1.29 is 19.1 Å². The molecular weight excluding hydrogens is 444 g/mol. The molecule has 168 valence electrons. The van der Waals surface area contributed by atoms with Crippen LogP contribution in [-0.2, 0) is 11.3 Å². The van der Waals surface area contributed by atoms with Gasteiger partial charge in [0.05, 0.1) is 17.9 Å². The number of ether oxygens (including phenoxy) is 2. The Hall–Kier alpha value is -4.05. The summed E-state index contributed by atoms with van der Waals surface area (Å²) in [5.74, 6) is -0.239. The minimum Gasteiger partial charge on any atom is -0.494 e. The standard InChI is InChI=1S/C23H20N4O5S/c1-3-31-19-9-7-15(8-10-19)21(29)24-17-6-4-5-16(11-17)22(30)32-13-18-12-20(28)27-23(25-18)33-14(2)26-27/h4-12H,3,13H2,1-2H3,(H,24,29). The van der Waals surface area contributed by atoms with Crippen LogP contribution in [0.4, 0.5) is 5.69 Å². The van der Waals surface area contributed by atoms with Crippen molar-refractivity contribution in [2.24, 2.45) is 0 Å². The molecule has 2 aromatic heterocycles. The number of rotatable bonds is 7. The molecule has 0 bridgehead atoms. The van der Waals surface area contributed by atoms with Gasteiger partial charge >= 0.3 is 5.97 Å². The summed E-state index contributed by atoms with van der Waals surface area (Å²) in [6.07, 6.45) is 0. The van der Waals surface area contributed by atoms with Gasteiger partial charge in [-0.3, -0.25) is 9.59 Å². The Bertz CT molecular complexity index is 1380. The zero-order valence-corrected chi connectivity index (χ0v) is 18.7. The normalized spacial score (nSPS) is 10.7. The van der Waals surface area contributed by atoms with E-state index in [1.54, 1.807) is 49.4 Å². The average Bonchev–Trinajstić information content (AvgIpc) is 3.19. The van der Waals surface area contributed by atoms with E-state index in [0.717, 1.165) is 0 Å². The predicted octanol–water partition coefficient (Wildman–Crippen LogP) is 3.47. The molecule has 4 aromatic rings. The smallest absolute Gasteiger partial charge is 0.338 e. The van der Waals surface area contributed by atoms with Gasteiger partial charge in [-0.1, -0.05) is 17.4 Å². The molecular formula is C23H20N4O5S. The molecule has 0 aliphatic heterocycles. The highest BCUT2D eigenvalue weighted by Crippen LogP contribution is 2.17. The third-order valence-corrected chi connectivity index (χ3v) is 5.36. The monoisotopic (exact) mass is 464 g/mol. The molecule has 9 nitrogen and oxygen atoms in total. The molecule has 0 radical (unpaired) electrons. The summed E-state index contributed by atoms with van der Waals surface area (Å²) >= 11 is 1.27. The number of nitrogens with zero attached hydrogens (tertiary/aromatic N) is 3. The minimum atomic E-state index is -0.602. The highest BCUT2D eigenvalue weighted by Gasteiger charge is 2.13. The van der Waals surface area contributed by atoms with Gasteiger partial charge in [0.15, 0.2) is 0 Å². The third kappa shape index (κ3) is 5.24. The van der Waals surface area contributed by atoms with E-state index < -0.39 is 5.97 Å². The quantitative estimate of drug-likeness (QED) is 0.417. The number of amides is 1. The highest BCUT2D eigenvalue weighted by molar-refractivity contribution is 7.16. The lowest BCUT2D eigenvalue weighted by Crippen LogP contribution is -2.16. The number of hydrogen-bond acceptors (Lipinski definition) is 8. The van der Waals surface area contributed by atoms with Gasteiger partial charge in [0, 0.05) is 17.3 Å². The third-order valence-electron chi connectivity index (χ3n) is 4.53. The van der Waals surface area contributed by atoms with Gasteiger partial charge in [0.25, 0.3) is 11.5 Å². The van der Waals surface area contributed by atoms with E-state index in [1.165, 1.54) is 28.0 Å². The summed E-state index contributed by atoms with van der Waals surface area (Å²) < 4.78 is 11.9. The first kappa shape index (κ1) is 22.2. The number of anilines is 1. The van der Waals surface area contributed by atoms with Crippen LogP contribution in [0.25, 0.3) is 4.96 Å². The average molecular weight is 465 g/mol. The number of carbonyl (C=O) groups is 2. The summed E-state index contributed by atoms with van der Waals surface area (Å²) in [4.78, 5) is 41.9. The van der Waals surface area contributed by atoms with Crippen molar-refractivity contribution in [3.8, 4) is 5.75 Å². The molecule has 1 amide bonds. The van der Waals surface area contributed by atoms with Crippen molar-refractivity contribution in [1.82, 2.24) is 14.6 Å². The van der Waals surface area contributed by atoms with Crippen LogP contribution in [0, 0.1) is 6.92 Å². The molecule has 0 saturated heterocycles. The highest BCUT2D eigenvalue weighted by atomic mass is 32.1. The minimum absolute atomic E-state index is 0.162. The first-order valence-electron chi connectivity index (χ1n) is 10.1. The maximum absolute atomic E-state index is 12.5. The van der Waals surface area contributed by atoms with Crippen molar-refractivity contribution in [3.63, 3.8) is 0 Å². The number of hydrogen-bond donors (Lipinski definition) is 1. The van der Waals surface area contributed by atoms with Crippen molar-refractivity contribution in [3.05, 3.63) is 86.8 Å². The van der Waals surface area contributed by atoms with Gasteiger partial charge < -0.3 is 14.8 Å². The van der Waals surface area contributed by atoms with Crippen LogP contribution in [0.3, 0.4) is 0 Å². The molecule has 0 aliphatic rings. The molecule has 2 heterocycles. The van der Waals surface area contributed by atoms with Crippen molar-refractivity contribution in [2.75, 3.05) is 11.9 Å². The molecule has 0 aliphatic carbocycles. The molecule has 2 aromatic carbocycles. The number of nitrogens with one attached hydrogen (secondary N) is 1. The molecule has 33 heavy (non-hydrogen) atoms. The Kier molecular flexibility index (Phi) is 6.45. The van der Waals surface area contributed by atoms with Crippen molar-refractivity contribution in [1.29, 1.82) is 0 Å². The second kappa shape index (κ2) is 9.61. The lowest BCUT2D eigenvalue weighted by Gasteiger charge is -2.09. The molecule has 4 rings (SSSR count). The van der Waals surface area contributed by atoms with E-state index in [1.807, 2.05) is 6.92 Å². The Morgan fingerprint density at radius 1 is 1.09 bits per heavy atom. The van der Waals surface area contributed by atoms with Crippen LogP contribution in [0.2, 0.25) is 0 Å². The van der Waals surface area contributed by atoms with Crippen molar-refractivity contribution >= 4 is 33.9 Å². The lowest BCUT2D eigenvalue weighted by atomic mass is 10.1. The second-order valence-corrected chi connectivity index (χ2v) is 8.13.